The van der Waals surface area contributed by atoms with Crippen molar-refractivity contribution in [2.24, 2.45) is 0 Å². The number of nitrogens with zero attached hydrogens (tertiary/aromatic N) is 1. The van der Waals surface area contributed by atoms with Crippen molar-refractivity contribution in [2.45, 2.75) is 39.5 Å². The van der Waals surface area contributed by atoms with Gasteiger partial charge in [-0.25, -0.2) is 4.39 Å². The summed E-state index contributed by atoms with van der Waals surface area (Å²) in [7, 11) is 0. The first-order chi connectivity index (χ1) is 20.0. The van der Waals surface area contributed by atoms with E-state index in [1.165, 1.54) is 27.8 Å². The van der Waals surface area contributed by atoms with Crippen molar-refractivity contribution in [1.29, 1.82) is 0 Å². The van der Waals surface area contributed by atoms with Crippen molar-refractivity contribution in [1.82, 2.24) is 0 Å². The summed E-state index contributed by atoms with van der Waals surface area (Å²) in [5, 5.41) is 2.28. The third-order valence-corrected chi connectivity index (χ3v) is 8.15. The first-order valence-corrected chi connectivity index (χ1v) is 14.5. The molecule has 3 heteroatoms. The van der Waals surface area contributed by atoms with E-state index < -0.39 is 0 Å². The Labute approximate surface area is 241 Å². The second-order valence-electron chi connectivity index (χ2n) is 11.0. The van der Waals surface area contributed by atoms with Crippen LogP contribution in [0.1, 0.15) is 35.6 Å². The van der Waals surface area contributed by atoms with Gasteiger partial charge in [0.25, 0.3) is 5.91 Å². The highest BCUT2D eigenvalue weighted by Gasteiger charge is 2.17. The first kappa shape index (κ1) is 26.7. The van der Waals surface area contributed by atoms with Crippen LogP contribution in [0, 0.1) is 12.7 Å². The van der Waals surface area contributed by atoms with Crippen molar-refractivity contribution in [3.8, 4) is 22.3 Å². The van der Waals surface area contributed by atoms with Gasteiger partial charge in [-0.2, -0.15) is 0 Å². The predicted octanol–water partition coefficient (Wildman–Crippen LogP) is 9.26. The van der Waals surface area contributed by atoms with E-state index in [1.54, 1.807) is 17.0 Å². The van der Waals surface area contributed by atoms with Crippen molar-refractivity contribution >= 4 is 22.4 Å². The Bertz CT molecular complexity index is 1770. The maximum absolute atomic E-state index is 14.8. The number of hydrogen-bond acceptors (Lipinski definition) is 1. The lowest BCUT2D eigenvalue weighted by Gasteiger charge is -2.16. The minimum Gasteiger partial charge on any atom is -0.305 e. The molecule has 1 amide bonds. The van der Waals surface area contributed by atoms with E-state index in [0.717, 1.165) is 53.3 Å². The number of rotatable bonds is 8. The zero-order valence-corrected chi connectivity index (χ0v) is 23.7. The van der Waals surface area contributed by atoms with Gasteiger partial charge in [0.2, 0.25) is 0 Å². The fraction of sp³-hybridized carbons (Fsp3) is 0.184. The molecular formula is C38H34FNO. The van der Waals surface area contributed by atoms with Crippen LogP contribution in [-0.2, 0) is 24.1 Å². The van der Waals surface area contributed by atoms with Gasteiger partial charge in [0.1, 0.15) is 5.82 Å². The molecule has 5 aromatic carbocycles. The quantitative estimate of drug-likeness (QED) is 0.192. The Kier molecular flexibility index (Phi) is 7.52. The van der Waals surface area contributed by atoms with Gasteiger partial charge in [-0.15, -0.1) is 0 Å². The fourth-order valence-corrected chi connectivity index (χ4v) is 5.78. The Balaban J connectivity index is 1.12. The summed E-state index contributed by atoms with van der Waals surface area (Å²) in [5.74, 6) is -0.105. The highest BCUT2D eigenvalue weighted by molar-refractivity contribution is 6.05. The molecule has 0 radical (unpaired) electrons. The molecule has 1 heterocycles. The third kappa shape index (κ3) is 5.71. The molecular weight excluding hydrogens is 505 g/mol. The van der Waals surface area contributed by atoms with Crippen molar-refractivity contribution < 1.29 is 9.18 Å². The smallest absolute Gasteiger partial charge is 0.251 e. The molecule has 0 aliphatic carbocycles. The molecule has 0 saturated heterocycles. The van der Waals surface area contributed by atoms with Crippen LogP contribution in [0.25, 0.3) is 33.0 Å². The minimum atomic E-state index is -0.143. The molecule has 0 fully saturated rings. The topological polar surface area (TPSA) is 20.3 Å². The van der Waals surface area contributed by atoms with E-state index >= 15 is 0 Å². The van der Waals surface area contributed by atoms with Gasteiger partial charge in [0, 0.05) is 23.9 Å². The summed E-state index contributed by atoms with van der Waals surface area (Å²) < 4.78 is 14.8. The Hall–Kier alpha value is -4.50. The molecule has 0 N–H and O–H groups in total. The van der Waals surface area contributed by atoms with Gasteiger partial charge >= 0.3 is 0 Å². The van der Waals surface area contributed by atoms with E-state index in [0.29, 0.717) is 12.1 Å². The lowest BCUT2D eigenvalue weighted by Crippen LogP contribution is -2.24. The number of carbonyl (C=O) groups excluding carboxylic acids is 1. The molecule has 0 atom stereocenters. The van der Waals surface area contributed by atoms with E-state index in [9.17, 15) is 9.18 Å². The maximum atomic E-state index is 14.8. The third-order valence-electron chi connectivity index (χ3n) is 8.15. The summed E-state index contributed by atoms with van der Waals surface area (Å²) in [6.07, 6.45) is 7.33. The van der Waals surface area contributed by atoms with E-state index in [-0.39, 0.29) is 11.7 Å². The largest absolute Gasteiger partial charge is 0.305 e. The number of aryl methyl sites for hydroxylation is 4. The molecule has 41 heavy (non-hydrogen) atoms. The van der Waals surface area contributed by atoms with Gasteiger partial charge in [-0.1, -0.05) is 92.2 Å². The zero-order chi connectivity index (χ0) is 28.3. The average molecular weight is 540 g/mol. The number of benzene rings is 5. The lowest BCUT2D eigenvalue weighted by atomic mass is 9.94. The fourth-order valence-electron chi connectivity index (χ4n) is 5.78. The predicted molar refractivity (Wildman–Crippen MR) is 169 cm³/mol. The van der Waals surface area contributed by atoms with Crippen LogP contribution in [0.4, 0.5) is 10.1 Å². The molecule has 0 bridgehead atoms. The number of amides is 1. The first-order valence-electron chi connectivity index (χ1n) is 14.5. The molecule has 0 aromatic heterocycles. The highest BCUT2D eigenvalue weighted by atomic mass is 19.1. The van der Waals surface area contributed by atoms with Gasteiger partial charge in [-0.05, 0) is 100 Å². The Morgan fingerprint density at radius 2 is 1.44 bits per heavy atom. The number of anilines is 1. The van der Waals surface area contributed by atoms with Gasteiger partial charge < -0.3 is 4.90 Å². The molecule has 204 valence electrons. The van der Waals surface area contributed by atoms with E-state index in [1.807, 2.05) is 30.3 Å². The van der Waals surface area contributed by atoms with Crippen LogP contribution in [0.5, 0.6) is 0 Å². The monoisotopic (exact) mass is 539 g/mol. The SMILES string of the molecule is CCCc1ccc(-c2ccc(CCc3ccc(-c4ccc5cc(N6CC=CC6=O)ccc5c4)cc3)c(C)c2)c(F)c1. The molecule has 5 aromatic rings. The van der Waals surface area contributed by atoms with Crippen molar-refractivity contribution in [3.63, 3.8) is 0 Å². The zero-order valence-electron chi connectivity index (χ0n) is 23.7. The summed E-state index contributed by atoms with van der Waals surface area (Å²) in [6, 6.07) is 33.4. The van der Waals surface area contributed by atoms with Crippen LogP contribution in [-0.4, -0.2) is 12.5 Å². The molecule has 1 aliphatic rings. The standard InChI is InChI=1S/C38H34FNO/c1-3-5-28-10-20-36(37(39)23-28)34-17-14-29(26(2)22-34)11-7-27-8-12-30(13-9-27)31-15-16-33-25-35(19-18-32(33)24-31)40-21-4-6-38(40)41/h4,6,8-10,12-20,22-25H,3,5,7,11,21H2,1-2H3. The molecule has 6 rings (SSSR count). The lowest BCUT2D eigenvalue weighted by molar-refractivity contribution is -0.113. The van der Waals surface area contributed by atoms with Gasteiger partial charge in [0.05, 0.1) is 0 Å². The summed E-state index contributed by atoms with van der Waals surface area (Å²) in [5.41, 5.74) is 9.74. The van der Waals surface area contributed by atoms with Crippen LogP contribution in [0.15, 0.2) is 109 Å². The van der Waals surface area contributed by atoms with Gasteiger partial charge in [-0.3, -0.25) is 4.79 Å². The van der Waals surface area contributed by atoms with E-state index in [2.05, 4.69) is 80.6 Å². The maximum Gasteiger partial charge on any atom is 0.251 e. The van der Waals surface area contributed by atoms with Gasteiger partial charge in [0.15, 0.2) is 0 Å². The molecule has 0 spiro atoms. The number of fused-ring (bicyclic) bond motifs is 1. The number of halogens is 1. The van der Waals surface area contributed by atoms with Crippen molar-refractivity contribution in [2.75, 3.05) is 11.4 Å². The molecule has 2 nitrogen and oxygen atoms in total. The van der Waals surface area contributed by atoms with Crippen LogP contribution in [0.2, 0.25) is 0 Å². The summed E-state index contributed by atoms with van der Waals surface area (Å²) >= 11 is 0. The number of carbonyl (C=O) groups is 1. The summed E-state index contributed by atoms with van der Waals surface area (Å²) in [6.45, 7) is 4.86. The summed E-state index contributed by atoms with van der Waals surface area (Å²) in [4.78, 5) is 13.8. The molecule has 0 saturated carbocycles. The van der Waals surface area contributed by atoms with Crippen LogP contribution in [0.3, 0.4) is 0 Å². The Morgan fingerprint density at radius 1 is 0.707 bits per heavy atom. The van der Waals surface area contributed by atoms with Crippen LogP contribution < -0.4 is 4.90 Å². The van der Waals surface area contributed by atoms with E-state index in [4.69, 9.17) is 0 Å². The number of hydrogen-bond donors (Lipinski definition) is 0. The minimum absolute atomic E-state index is 0.0385. The second kappa shape index (κ2) is 11.5. The van der Waals surface area contributed by atoms with Crippen LogP contribution >= 0.6 is 0 Å². The van der Waals surface area contributed by atoms with Crippen molar-refractivity contribution in [3.05, 3.63) is 137 Å². The molecule has 0 unspecified atom stereocenters. The normalized spacial score (nSPS) is 13.0. The second-order valence-corrected chi connectivity index (χ2v) is 11.0. The highest BCUT2D eigenvalue weighted by Crippen LogP contribution is 2.30. The Morgan fingerprint density at radius 3 is 2.17 bits per heavy atom. The average Bonchev–Trinajstić information content (AvgIpc) is 3.42. The molecule has 1 aliphatic heterocycles.